The second-order valence-electron chi connectivity index (χ2n) is 7.30. The maximum Gasteiger partial charge on any atom is 0.168 e. The molecule has 0 atom stereocenters. The first-order valence-electron chi connectivity index (χ1n) is 8.31. The van der Waals surface area contributed by atoms with Gasteiger partial charge in [0.25, 0.3) is 0 Å². The summed E-state index contributed by atoms with van der Waals surface area (Å²) >= 11 is 0. The van der Waals surface area contributed by atoms with E-state index in [2.05, 4.69) is 4.90 Å². The van der Waals surface area contributed by atoms with Crippen molar-refractivity contribution in [3.8, 4) is 0 Å². The van der Waals surface area contributed by atoms with E-state index in [0.29, 0.717) is 0 Å². The van der Waals surface area contributed by atoms with E-state index in [1.807, 2.05) is 0 Å². The van der Waals surface area contributed by atoms with Crippen LogP contribution in [0.25, 0.3) is 0 Å². The fourth-order valence-corrected chi connectivity index (χ4v) is 4.88. The average Bonchev–Trinajstić information content (AvgIpc) is 2.87. The van der Waals surface area contributed by atoms with Crippen LogP contribution in [0.3, 0.4) is 0 Å². The van der Waals surface area contributed by atoms with Gasteiger partial charge in [0.2, 0.25) is 0 Å². The molecule has 0 aromatic rings. The van der Waals surface area contributed by atoms with Crippen molar-refractivity contribution in [2.24, 2.45) is 5.41 Å². The smallest absolute Gasteiger partial charge is 0.168 e. The topological polar surface area (TPSA) is 21.7 Å². The minimum Gasteiger partial charge on any atom is -0.348 e. The Morgan fingerprint density at radius 2 is 1.42 bits per heavy atom. The molecule has 2 aliphatic heterocycles. The van der Waals surface area contributed by atoms with Gasteiger partial charge in [0.1, 0.15) is 0 Å². The van der Waals surface area contributed by atoms with Gasteiger partial charge in [-0.15, -0.1) is 0 Å². The summed E-state index contributed by atoms with van der Waals surface area (Å²) in [7, 11) is 0. The molecule has 108 valence electrons. The van der Waals surface area contributed by atoms with E-state index in [1.165, 1.54) is 58.0 Å². The fourth-order valence-electron chi connectivity index (χ4n) is 4.88. The zero-order chi connectivity index (χ0) is 12.8. The lowest BCUT2D eigenvalue weighted by atomic mass is 9.67. The predicted octanol–water partition coefficient (Wildman–Crippen LogP) is 2.94. The number of nitrogens with zero attached hydrogens (tertiary/aromatic N) is 1. The highest BCUT2D eigenvalue weighted by molar-refractivity contribution is 5.00. The quantitative estimate of drug-likeness (QED) is 0.727. The van der Waals surface area contributed by atoms with Crippen molar-refractivity contribution in [1.82, 2.24) is 4.90 Å². The summed E-state index contributed by atoms with van der Waals surface area (Å²) in [6.07, 6.45) is 12.2. The summed E-state index contributed by atoms with van der Waals surface area (Å²) < 4.78 is 11.7. The van der Waals surface area contributed by atoms with Crippen LogP contribution in [-0.2, 0) is 9.47 Å². The van der Waals surface area contributed by atoms with Gasteiger partial charge in [0.05, 0.1) is 13.2 Å². The van der Waals surface area contributed by atoms with E-state index in [0.717, 1.165) is 37.5 Å². The normalized spacial score (nSPS) is 34.7. The summed E-state index contributed by atoms with van der Waals surface area (Å²) in [5.74, 6) is -0.177. The van der Waals surface area contributed by atoms with Crippen molar-refractivity contribution < 1.29 is 9.47 Å². The van der Waals surface area contributed by atoms with E-state index in [4.69, 9.17) is 9.47 Å². The monoisotopic (exact) mass is 265 g/mol. The molecular weight excluding hydrogens is 238 g/mol. The third kappa shape index (κ3) is 2.24. The molecule has 2 saturated carbocycles. The van der Waals surface area contributed by atoms with Crippen LogP contribution in [0.1, 0.15) is 57.8 Å². The Kier molecular flexibility index (Phi) is 3.13. The lowest BCUT2D eigenvalue weighted by Crippen LogP contribution is -2.61. The average molecular weight is 265 g/mol. The third-order valence-corrected chi connectivity index (χ3v) is 6.04. The van der Waals surface area contributed by atoms with Gasteiger partial charge in [0, 0.05) is 32.0 Å². The molecular formula is C16H27NO2. The molecule has 2 saturated heterocycles. The molecule has 2 aliphatic carbocycles. The molecule has 4 aliphatic rings. The molecule has 0 aromatic carbocycles. The zero-order valence-corrected chi connectivity index (χ0v) is 12.0. The van der Waals surface area contributed by atoms with Gasteiger partial charge in [-0.05, 0) is 31.1 Å². The number of hydrogen-bond donors (Lipinski definition) is 0. The van der Waals surface area contributed by atoms with Gasteiger partial charge < -0.3 is 9.47 Å². The highest BCUT2D eigenvalue weighted by Gasteiger charge is 2.48. The van der Waals surface area contributed by atoms with Crippen molar-refractivity contribution in [2.45, 2.75) is 69.6 Å². The molecule has 2 heterocycles. The van der Waals surface area contributed by atoms with Crippen molar-refractivity contribution in [3.63, 3.8) is 0 Å². The molecule has 0 N–H and O–H groups in total. The van der Waals surface area contributed by atoms with Gasteiger partial charge in [-0.2, -0.15) is 0 Å². The van der Waals surface area contributed by atoms with Crippen LogP contribution in [0.5, 0.6) is 0 Å². The van der Waals surface area contributed by atoms with Gasteiger partial charge in [-0.3, -0.25) is 4.90 Å². The van der Waals surface area contributed by atoms with E-state index >= 15 is 0 Å². The fraction of sp³-hybridized carbons (Fsp3) is 1.00. The van der Waals surface area contributed by atoms with Crippen molar-refractivity contribution >= 4 is 0 Å². The van der Waals surface area contributed by atoms with Gasteiger partial charge in [-0.1, -0.05) is 19.3 Å². The SMILES string of the molecule is C1CCC2(CC1)CN(C1CCC3(CC1)OCCO3)C2. The summed E-state index contributed by atoms with van der Waals surface area (Å²) in [6, 6.07) is 0.811. The second kappa shape index (κ2) is 4.71. The summed E-state index contributed by atoms with van der Waals surface area (Å²) in [4.78, 5) is 2.76. The summed E-state index contributed by atoms with van der Waals surface area (Å²) in [5.41, 5.74) is 0.730. The number of ether oxygens (including phenoxy) is 2. The van der Waals surface area contributed by atoms with Crippen molar-refractivity contribution in [1.29, 1.82) is 0 Å². The Hall–Kier alpha value is -0.120. The Labute approximate surface area is 116 Å². The maximum atomic E-state index is 5.83. The standard InChI is InChI=1S/C16H27NO2/c1-2-6-15(7-3-1)12-17(13-15)14-4-8-16(9-5-14)18-10-11-19-16/h14H,1-13H2. The van der Waals surface area contributed by atoms with Crippen molar-refractivity contribution in [2.75, 3.05) is 26.3 Å². The predicted molar refractivity (Wildman–Crippen MR) is 74.0 cm³/mol. The highest BCUT2D eigenvalue weighted by Crippen LogP contribution is 2.47. The van der Waals surface area contributed by atoms with Crippen LogP contribution in [-0.4, -0.2) is 43.0 Å². The molecule has 0 amide bonds. The first-order chi connectivity index (χ1) is 9.29. The van der Waals surface area contributed by atoms with Crippen LogP contribution in [0.4, 0.5) is 0 Å². The Bertz CT molecular complexity index is 314. The van der Waals surface area contributed by atoms with Crippen LogP contribution < -0.4 is 0 Å². The lowest BCUT2D eigenvalue weighted by Gasteiger charge is -2.56. The molecule has 2 spiro atoms. The zero-order valence-electron chi connectivity index (χ0n) is 12.0. The molecule has 0 bridgehead atoms. The van der Waals surface area contributed by atoms with Crippen molar-refractivity contribution in [3.05, 3.63) is 0 Å². The molecule has 0 radical (unpaired) electrons. The van der Waals surface area contributed by atoms with E-state index < -0.39 is 0 Å². The van der Waals surface area contributed by atoms with Crippen LogP contribution >= 0.6 is 0 Å². The first-order valence-corrected chi connectivity index (χ1v) is 8.31. The first kappa shape index (κ1) is 12.6. The summed E-state index contributed by atoms with van der Waals surface area (Å²) in [5, 5.41) is 0. The van der Waals surface area contributed by atoms with E-state index in [1.54, 1.807) is 0 Å². The van der Waals surface area contributed by atoms with E-state index in [-0.39, 0.29) is 5.79 Å². The summed E-state index contributed by atoms with van der Waals surface area (Å²) in [6.45, 7) is 4.37. The van der Waals surface area contributed by atoms with Gasteiger partial charge >= 0.3 is 0 Å². The van der Waals surface area contributed by atoms with Gasteiger partial charge in [-0.25, -0.2) is 0 Å². The molecule has 3 nitrogen and oxygen atoms in total. The molecule has 4 fully saturated rings. The minimum absolute atomic E-state index is 0.177. The number of rotatable bonds is 1. The Morgan fingerprint density at radius 1 is 0.789 bits per heavy atom. The number of likely N-dealkylation sites (tertiary alicyclic amines) is 1. The highest BCUT2D eigenvalue weighted by atomic mass is 16.7. The third-order valence-electron chi connectivity index (χ3n) is 6.04. The number of hydrogen-bond acceptors (Lipinski definition) is 3. The largest absolute Gasteiger partial charge is 0.348 e. The molecule has 0 aromatic heterocycles. The Balaban J connectivity index is 1.29. The molecule has 4 rings (SSSR count). The molecule has 3 heteroatoms. The van der Waals surface area contributed by atoms with Crippen LogP contribution in [0.2, 0.25) is 0 Å². The van der Waals surface area contributed by atoms with Crippen LogP contribution in [0.15, 0.2) is 0 Å². The minimum atomic E-state index is -0.177. The molecule has 19 heavy (non-hydrogen) atoms. The lowest BCUT2D eigenvalue weighted by molar-refractivity contribution is -0.190. The second-order valence-corrected chi connectivity index (χ2v) is 7.30. The van der Waals surface area contributed by atoms with E-state index in [9.17, 15) is 0 Å². The van der Waals surface area contributed by atoms with Gasteiger partial charge in [0.15, 0.2) is 5.79 Å². The Morgan fingerprint density at radius 3 is 2.05 bits per heavy atom. The maximum absolute atomic E-state index is 5.83. The molecule has 0 unspecified atom stereocenters. The van der Waals surface area contributed by atoms with Crippen LogP contribution in [0, 0.1) is 5.41 Å².